The summed E-state index contributed by atoms with van der Waals surface area (Å²) < 4.78 is 1.53. The third kappa shape index (κ3) is 1.80. The van der Waals surface area contributed by atoms with Crippen molar-refractivity contribution in [2.45, 2.75) is 6.92 Å². The summed E-state index contributed by atoms with van der Waals surface area (Å²) in [5, 5.41) is 0.413. The topological polar surface area (TPSA) is 50.7 Å². The van der Waals surface area contributed by atoms with E-state index in [0.717, 1.165) is 5.56 Å². The quantitative estimate of drug-likeness (QED) is 0.801. The van der Waals surface area contributed by atoms with Crippen molar-refractivity contribution in [3.8, 4) is 11.4 Å². The first-order chi connectivity index (χ1) is 7.08. The molecule has 5 heteroatoms. The van der Waals surface area contributed by atoms with Crippen molar-refractivity contribution in [1.29, 1.82) is 0 Å². The second kappa shape index (κ2) is 3.55. The molecule has 15 heavy (non-hydrogen) atoms. The van der Waals surface area contributed by atoms with Gasteiger partial charge in [-0.05, 0) is 13.0 Å². The average molecular weight is 224 g/mol. The number of nitrogens with zero attached hydrogens (tertiary/aromatic N) is 2. The summed E-state index contributed by atoms with van der Waals surface area (Å²) in [6, 6.07) is 1.79. The van der Waals surface area contributed by atoms with Crippen molar-refractivity contribution in [2.75, 3.05) is 0 Å². The number of aryl methyl sites for hydroxylation is 2. The van der Waals surface area contributed by atoms with Gasteiger partial charge in [-0.1, -0.05) is 11.6 Å². The first kappa shape index (κ1) is 9.98. The van der Waals surface area contributed by atoms with E-state index in [1.165, 1.54) is 4.57 Å². The van der Waals surface area contributed by atoms with Gasteiger partial charge in [-0.3, -0.25) is 4.79 Å². The molecule has 0 spiro atoms. The number of pyridine rings is 1. The maximum atomic E-state index is 11.5. The number of nitrogens with one attached hydrogen (secondary N) is 1. The second-order valence-corrected chi connectivity index (χ2v) is 3.79. The fourth-order valence-electron chi connectivity index (χ4n) is 1.45. The molecule has 0 atom stereocenters. The third-order valence-electron chi connectivity index (χ3n) is 2.18. The van der Waals surface area contributed by atoms with Crippen LogP contribution in [0.2, 0.25) is 5.15 Å². The molecule has 0 radical (unpaired) electrons. The molecule has 2 aromatic rings. The summed E-state index contributed by atoms with van der Waals surface area (Å²) in [7, 11) is 1.71. The molecule has 0 unspecified atom stereocenters. The van der Waals surface area contributed by atoms with Crippen LogP contribution in [0.5, 0.6) is 0 Å². The number of hydrogen-bond donors (Lipinski definition) is 1. The molecule has 0 saturated carbocycles. The molecule has 0 aromatic carbocycles. The van der Waals surface area contributed by atoms with Gasteiger partial charge in [-0.2, -0.15) is 0 Å². The lowest BCUT2D eigenvalue weighted by atomic mass is 10.2. The van der Waals surface area contributed by atoms with Crippen LogP contribution in [0.1, 0.15) is 5.56 Å². The first-order valence-corrected chi connectivity index (χ1v) is 4.84. The number of H-pyrrole nitrogens is 1. The number of aromatic nitrogens is 3. The normalized spacial score (nSPS) is 10.6. The number of rotatable bonds is 1. The van der Waals surface area contributed by atoms with Crippen LogP contribution in [-0.2, 0) is 7.05 Å². The smallest absolute Gasteiger partial charge is 0.253 e. The highest BCUT2D eigenvalue weighted by molar-refractivity contribution is 6.29. The Morgan fingerprint density at radius 2 is 2.27 bits per heavy atom. The molecule has 0 bridgehead atoms. The van der Waals surface area contributed by atoms with Crippen LogP contribution < -0.4 is 5.56 Å². The van der Waals surface area contributed by atoms with Crippen LogP contribution in [0.4, 0.5) is 0 Å². The Bertz CT molecular complexity index is 530. The van der Waals surface area contributed by atoms with E-state index >= 15 is 0 Å². The van der Waals surface area contributed by atoms with Gasteiger partial charge in [0.05, 0.1) is 0 Å². The van der Waals surface area contributed by atoms with Crippen LogP contribution >= 0.6 is 11.6 Å². The molecule has 1 N–H and O–H groups in total. The Kier molecular flexibility index (Phi) is 2.36. The molecule has 78 valence electrons. The molecule has 4 nitrogen and oxygen atoms in total. The molecule has 2 aromatic heterocycles. The van der Waals surface area contributed by atoms with E-state index in [-0.39, 0.29) is 5.56 Å². The summed E-state index contributed by atoms with van der Waals surface area (Å²) in [6.45, 7) is 1.77. The largest absolute Gasteiger partial charge is 0.343 e. The molecule has 2 rings (SSSR count). The number of aromatic amines is 1. The van der Waals surface area contributed by atoms with Gasteiger partial charge in [0, 0.05) is 30.6 Å². The van der Waals surface area contributed by atoms with Gasteiger partial charge >= 0.3 is 0 Å². The van der Waals surface area contributed by atoms with Crippen molar-refractivity contribution in [3.05, 3.63) is 39.5 Å². The summed E-state index contributed by atoms with van der Waals surface area (Å²) in [4.78, 5) is 18.5. The zero-order valence-electron chi connectivity index (χ0n) is 8.41. The predicted octanol–water partition coefficient (Wildman–Crippen LogP) is 1.74. The van der Waals surface area contributed by atoms with E-state index in [1.54, 1.807) is 32.4 Å². The maximum Gasteiger partial charge on any atom is 0.253 e. The SMILES string of the molecule is Cc1cc(-c2nc(Cl)c[nH]2)cn(C)c1=O. The van der Waals surface area contributed by atoms with E-state index in [4.69, 9.17) is 11.6 Å². The lowest BCUT2D eigenvalue weighted by Crippen LogP contribution is -2.18. The van der Waals surface area contributed by atoms with Crippen LogP contribution in [-0.4, -0.2) is 14.5 Å². The summed E-state index contributed by atoms with van der Waals surface area (Å²) >= 11 is 5.71. The molecule has 0 saturated heterocycles. The average Bonchev–Trinajstić information content (AvgIpc) is 2.60. The van der Waals surface area contributed by atoms with Crippen molar-refractivity contribution >= 4 is 11.6 Å². The number of imidazole rings is 1. The van der Waals surface area contributed by atoms with Crippen LogP contribution in [0.25, 0.3) is 11.4 Å². The molecular weight excluding hydrogens is 214 g/mol. The summed E-state index contributed by atoms with van der Waals surface area (Å²) in [5.41, 5.74) is 1.53. The predicted molar refractivity (Wildman–Crippen MR) is 59.0 cm³/mol. The summed E-state index contributed by atoms with van der Waals surface area (Å²) in [6.07, 6.45) is 3.34. The highest BCUT2D eigenvalue weighted by atomic mass is 35.5. The molecule has 0 aliphatic carbocycles. The highest BCUT2D eigenvalue weighted by Crippen LogP contribution is 2.16. The maximum absolute atomic E-state index is 11.5. The van der Waals surface area contributed by atoms with Crippen LogP contribution in [0.3, 0.4) is 0 Å². The molecular formula is C10H10ClN3O. The molecule has 2 heterocycles. The summed E-state index contributed by atoms with van der Waals surface area (Å²) in [5.74, 6) is 0.665. The van der Waals surface area contributed by atoms with Crippen LogP contribution in [0.15, 0.2) is 23.3 Å². The Morgan fingerprint density at radius 3 is 2.80 bits per heavy atom. The van der Waals surface area contributed by atoms with E-state index in [0.29, 0.717) is 16.5 Å². The lowest BCUT2D eigenvalue weighted by Gasteiger charge is -2.02. The van der Waals surface area contributed by atoms with E-state index in [2.05, 4.69) is 9.97 Å². The zero-order valence-corrected chi connectivity index (χ0v) is 9.17. The Balaban J connectivity index is 2.60. The number of halogens is 1. The van der Waals surface area contributed by atoms with Gasteiger partial charge in [-0.15, -0.1) is 0 Å². The molecule has 0 fully saturated rings. The minimum atomic E-state index is -0.00333. The minimum absolute atomic E-state index is 0.00333. The Morgan fingerprint density at radius 1 is 1.53 bits per heavy atom. The fraction of sp³-hybridized carbons (Fsp3) is 0.200. The monoisotopic (exact) mass is 223 g/mol. The van der Waals surface area contributed by atoms with Crippen molar-refractivity contribution in [2.24, 2.45) is 7.05 Å². The van der Waals surface area contributed by atoms with Gasteiger partial charge in [0.1, 0.15) is 11.0 Å². The minimum Gasteiger partial charge on any atom is -0.343 e. The van der Waals surface area contributed by atoms with E-state index in [9.17, 15) is 4.79 Å². The van der Waals surface area contributed by atoms with E-state index < -0.39 is 0 Å². The van der Waals surface area contributed by atoms with Gasteiger partial charge in [-0.25, -0.2) is 4.98 Å². The standard InChI is InChI=1S/C10H10ClN3O/c1-6-3-7(5-14(2)10(6)15)9-12-4-8(11)13-9/h3-5H,1-2H3,(H,12,13). The number of hydrogen-bond acceptors (Lipinski definition) is 2. The lowest BCUT2D eigenvalue weighted by molar-refractivity contribution is 0.849. The molecule has 0 amide bonds. The van der Waals surface area contributed by atoms with Crippen molar-refractivity contribution in [1.82, 2.24) is 14.5 Å². The zero-order chi connectivity index (χ0) is 11.0. The van der Waals surface area contributed by atoms with Gasteiger partial charge < -0.3 is 9.55 Å². The van der Waals surface area contributed by atoms with E-state index in [1.807, 2.05) is 0 Å². The van der Waals surface area contributed by atoms with Gasteiger partial charge in [0.2, 0.25) is 0 Å². The molecule has 0 aliphatic rings. The Labute approximate surface area is 91.5 Å². The highest BCUT2D eigenvalue weighted by Gasteiger charge is 2.05. The van der Waals surface area contributed by atoms with Crippen LogP contribution in [0, 0.1) is 6.92 Å². The second-order valence-electron chi connectivity index (χ2n) is 3.40. The Hall–Kier alpha value is -1.55. The third-order valence-corrected chi connectivity index (χ3v) is 2.38. The fourth-order valence-corrected chi connectivity index (χ4v) is 1.59. The molecule has 0 aliphatic heterocycles. The van der Waals surface area contributed by atoms with Crippen molar-refractivity contribution in [3.63, 3.8) is 0 Å². The van der Waals surface area contributed by atoms with Gasteiger partial charge in [0.15, 0.2) is 0 Å². The van der Waals surface area contributed by atoms with Crippen molar-refractivity contribution < 1.29 is 0 Å². The van der Waals surface area contributed by atoms with Gasteiger partial charge in [0.25, 0.3) is 5.56 Å². The first-order valence-electron chi connectivity index (χ1n) is 4.46.